The molecule has 0 bridgehead atoms. The number of amides is 1. The SMILES string of the molecule is NC(=S)c1c(Cl)cccc1N1CCC2NC(=O)CCC2C1. The number of nitrogens with one attached hydrogen (secondary N) is 1. The first kappa shape index (κ1) is 14.6. The van der Waals surface area contributed by atoms with Crippen LogP contribution in [0.5, 0.6) is 0 Å². The van der Waals surface area contributed by atoms with E-state index in [0.29, 0.717) is 28.4 Å². The molecule has 2 aliphatic rings. The summed E-state index contributed by atoms with van der Waals surface area (Å²) < 4.78 is 0. The van der Waals surface area contributed by atoms with Gasteiger partial charge in [0.15, 0.2) is 0 Å². The third kappa shape index (κ3) is 2.85. The molecule has 4 nitrogen and oxygen atoms in total. The lowest BCUT2D eigenvalue weighted by Crippen LogP contribution is -2.54. The Hall–Kier alpha value is -1.33. The zero-order chi connectivity index (χ0) is 15.0. The van der Waals surface area contributed by atoms with Gasteiger partial charge in [0, 0.05) is 31.2 Å². The van der Waals surface area contributed by atoms with E-state index in [1.54, 1.807) is 0 Å². The second-order valence-electron chi connectivity index (χ2n) is 5.71. The molecule has 1 aromatic carbocycles. The Balaban J connectivity index is 1.85. The molecule has 3 rings (SSSR count). The molecule has 1 aromatic rings. The van der Waals surface area contributed by atoms with Crippen molar-refractivity contribution in [2.45, 2.75) is 25.3 Å². The minimum Gasteiger partial charge on any atom is -0.389 e. The molecule has 0 aromatic heterocycles. The standard InChI is InChI=1S/C15H18ClN3OS/c16-10-2-1-3-12(14(10)15(17)21)19-7-6-11-9(8-19)4-5-13(20)18-11/h1-3,9,11H,4-8H2,(H2,17,21)(H,18,20). The predicted octanol–water partition coefficient (Wildman–Crippen LogP) is 2.08. The van der Waals surface area contributed by atoms with Crippen molar-refractivity contribution in [3.05, 3.63) is 28.8 Å². The fraction of sp³-hybridized carbons (Fsp3) is 0.467. The van der Waals surface area contributed by atoms with Gasteiger partial charge >= 0.3 is 0 Å². The van der Waals surface area contributed by atoms with E-state index in [1.165, 1.54) is 0 Å². The van der Waals surface area contributed by atoms with Crippen molar-refractivity contribution in [3.8, 4) is 0 Å². The summed E-state index contributed by atoms with van der Waals surface area (Å²) in [4.78, 5) is 14.1. The number of piperidine rings is 2. The number of anilines is 1. The summed E-state index contributed by atoms with van der Waals surface area (Å²) in [7, 11) is 0. The van der Waals surface area contributed by atoms with E-state index in [4.69, 9.17) is 29.6 Å². The monoisotopic (exact) mass is 323 g/mol. The van der Waals surface area contributed by atoms with Crippen LogP contribution in [0.3, 0.4) is 0 Å². The highest BCUT2D eigenvalue weighted by Crippen LogP contribution is 2.33. The van der Waals surface area contributed by atoms with Gasteiger partial charge in [-0.15, -0.1) is 0 Å². The zero-order valence-electron chi connectivity index (χ0n) is 11.6. The number of hydrogen-bond donors (Lipinski definition) is 2. The molecule has 2 heterocycles. The maximum absolute atomic E-state index is 11.5. The third-order valence-corrected chi connectivity index (χ3v) is 4.92. The first-order valence-electron chi connectivity index (χ1n) is 7.19. The minimum absolute atomic E-state index is 0.177. The molecule has 2 aliphatic heterocycles. The van der Waals surface area contributed by atoms with Crippen LogP contribution in [-0.2, 0) is 4.79 Å². The molecule has 0 saturated carbocycles. The molecule has 2 atom stereocenters. The number of hydrogen-bond acceptors (Lipinski definition) is 3. The van der Waals surface area contributed by atoms with Crippen LogP contribution in [0.1, 0.15) is 24.8 Å². The lowest BCUT2D eigenvalue weighted by molar-refractivity contribution is -0.124. The normalized spacial score (nSPS) is 25.2. The summed E-state index contributed by atoms with van der Waals surface area (Å²) >= 11 is 11.4. The minimum atomic E-state index is 0.177. The van der Waals surface area contributed by atoms with Crippen molar-refractivity contribution in [1.29, 1.82) is 0 Å². The molecule has 1 amide bonds. The molecule has 2 unspecified atom stereocenters. The molecule has 0 radical (unpaired) electrons. The van der Waals surface area contributed by atoms with Crippen molar-refractivity contribution in [2.75, 3.05) is 18.0 Å². The molecular formula is C15H18ClN3OS. The quantitative estimate of drug-likeness (QED) is 0.818. The van der Waals surface area contributed by atoms with Crippen LogP contribution < -0.4 is 16.0 Å². The van der Waals surface area contributed by atoms with Crippen LogP contribution in [0, 0.1) is 5.92 Å². The Bertz CT molecular complexity index is 592. The smallest absolute Gasteiger partial charge is 0.220 e. The van der Waals surface area contributed by atoms with Crippen molar-refractivity contribution >= 4 is 40.4 Å². The number of carbonyl (C=O) groups excluding carboxylic acids is 1. The summed E-state index contributed by atoms with van der Waals surface area (Å²) in [6, 6.07) is 6.05. The van der Waals surface area contributed by atoms with Crippen LogP contribution in [-0.4, -0.2) is 30.0 Å². The van der Waals surface area contributed by atoms with Gasteiger partial charge in [-0.3, -0.25) is 4.79 Å². The molecule has 21 heavy (non-hydrogen) atoms. The number of fused-ring (bicyclic) bond motifs is 1. The maximum atomic E-state index is 11.5. The summed E-state index contributed by atoms with van der Waals surface area (Å²) in [6.45, 7) is 1.78. The van der Waals surface area contributed by atoms with E-state index in [0.717, 1.165) is 37.2 Å². The number of carbonyl (C=O) groups is 1. The molecule has 2 saturated heterocycles. The van der Waals surface area contributed by atoms with Gasteiger partial charge < -0.3 is 16.0 Å². The van der Waals surface area contributed by atoms with Crippen LogP contribution in [0.15, 0.2) is 18.2 Å². The molecule has 6 heteroatoms. The van der Waals surface area contributed by atoms with Crippen molar-refractivity contribution in [1.82, 2.24) is 5.32 Å². The Morgan fingerprint density at radius 2 is 2.24 bits per heavy atom. The van der Waals surface area contributed by atoms with Crippen molar-refractivity contribution in [3.63, 3.8) is 0 Å². The van der Waals surface area contributed by atoms with E-state index >= 15 is 0 Å². The summed E-state index contributed by atoms with van der Waals surface area (Å²) in [6.07, 6.45) is 2.50. The second-order valence-corrected chi connectivity index (χ2v) is 6.55. The third-order valence-electron chi connectivity index (χ3n) is 4.40. The molecular weight excluding hydrogens is 306 g/mol. The Morgan fingerprint density at radius 1 is 1.43 bits per heavy atom. The highest BCUT2D eigenvalue weighted by molar-refractivity contribution is 7.80. The summed E-state index contributed by atoms with van der Waals surface area (Å²) in [5.74, 6) is 0.658. The van der Waals surface area contributed by atoms with Crippen LogP contribution in [0.25, 0.3) is 0 Å². The molecule has 2 fully saturated rings. The van der Waals surface area contributed by atoms with Crippen molar-refractivity contribution < 1.29 is 4.79 Å². The average molecular weight is 324 g/mol. The van der Waals surface area contributed by atoms with E-state index < -0.39 is 0 Å². The number of halogens is 1. The second kappa shape index (κ2) is 5.81. The maximum Gasteiger partial charge on any atom is 0.220 e. The Morgan fingerprint density at radius 3 is 3.00 bits per heavy atom. The first-order chi connectivity index (χ1) is 10.1. The number of benzene rings is 1. The van der Waals surface area contributed by atoms with Gasteiger partial charge in [-0.1, -0.05) is 29.9 Å². The van der Waals surface area contributed by atoms with E-state index in [9.17, 15) is 4.79 Å². The highest BCUT2D eigenvalue weighted by atomic mass is 35.5. The van der Waals surface area contributed by atoms with Crippen molar-refractivity contribution in [2.24, 2.45) is 11.7 Å². The summed E-state index contributed by atoms with van der Waals surface area (Å²) in [5.41, 5.74) is 7.60. The van der Waals surface area contributed by atoms with E-state index in [1.807, 2.05) is 18.2 Å². The van der Waals surface area contributed by atoms with Gasteiger partial charge in [-0.25, -0.2) is 0 Å². The highest BCUT2D eigenvalue weighted by Gasteiger charge is 2.34. The van der Waals surface area contributed by atoms with Gasteiger partial charge in [-0.05, 0) is 30.9 Å². The Labute approximate surface area is 134 Å². The lowest BCUT2D eigenvalue weighted by atomic mass is 9.85. The number of nitrogens with zero attached hydrogens (tertiary/aromatic N) is 1. The largest absolute Gasteiger partial charge is 0.389 e. The molecule has 0 aliphatic carbocycles. The van der Waals surface area contributed by atoms with E-state index in [-0.39, 0.29) is 5.91 Å². The summed E-state index contributed by atoms with van der Waals surface area (Å²) in [5, 5.41) is 3.69. The van der Waals surface area contributed by atoms with E-state index in [2.05, 4.69) is 10.2 Å². The van der Waals surface area contributed by atoms with Gasteiger partial charge in [-0.2, -0.15) is 0 Å². The zero-order valence-corrected chi connectivity index (χ0v) is 13.2. The Kier molecular flexibility index (Phi) is 4.04. The average Bonchev–Trinajstić information content (AvgIpc) is 2.46. The van der Waals surface area contributed by atoms with Gasteiger partial charge in [0.05, 0.1) is 10.6 Å². The van der Waals surface area contributed by atoms with Crippen LogP contribution >= 0.6 is 23.8 Å². The van der Waals surface area contributed by atoms with Crippen LogP contribution in [0.2, 0.25) is 5.02 Å². The molecule has 3 N–H and O–H groups in total. The fourth-order valence-corrected chi connectivity index (χ4v) is 3.89. The topological polar surface area (TPSA) is 58.4 Å². The van der Waals surface area contributed by atoms with Gasteiger partial charge in [0.1, 0.15) is 4.99 Å². The molecule has 0 spiro atoms. The molecule has 112 valence electrons. The van der Waals surface area contributed by atoms with Gasteiger partial charge in [0.2, 0.25) is 5.91 Å². The predicted molar refractivity (Wildman–Crippen MR) is 88.8 cm³/mol. The number of nitrogens with two attached hydrogens (primary N) is 1. The van der Waals surface area contributed by atoms with Gasteiger partial charge in [0.25, 0.3) is 0 Å². The van der Waals surface area contributed by atoms with Crippen LogP contribution in [0.4, 0.5) is 5.69 Å². The lowest BCUT2D eigenvalue weighted by Gasteiger charge is -2.43. The first-order valence-corrected chi connectivity index (χ1v) is 7.97. The fourth-order valence-electron chi connectivity index (χ4n) is 3.35. The number of rotatable bonds is 2. The number of thiocarbonyl (C=S) groups is 1.